The van der Waals surface area contributed by atoms with Gasteiger partial charge in [-0.2, -0.15) is 0 Å². The lowest BCUT2D eigenvalue weighted by Crippen LogP contribution is -2.36. The normalized spacial score (nSPS) is 17.9. The molecule has 1 aromatic carbocycles. The summed E-state index contributed by atoms with van der Waals surface area (Å²) in [6, 6.07) is 4.36. The lowest BCUT2D eigenvalue weighted by atomic mass is 9.97. The Morgan fingerprint density at radius 3 is 2.48 bits per heavy atom. The van der Waals surface area contributed by atoms with Crippen LogP contribution in [-0.4, -0.2) is 76.0 Å². The van der Waals surface area contributed by atoms with Crippen LogP contribution >= 0.6 is 11.3 Å². The molecule has 2 aliphatic heterocycles. The van der Waals surface area contributed by atoms with Gasteiger partial charge in [0.25, 0.3) is 5.91 Å². The first-order valence-corrected chi connectivity index (χ1v) is 15.1. The average molecular weight is 635 g/mol. The monoisotopic (exact) mass is 634 g/mol. The maximum absolute atomic E-state index is 13.1. The van der Waals surface area contributed by atoms with Gasteiger partial charge in [-0.3, -0.25) is 19.8 Å². The Morgan fingerprint density at radius 1 is 1.09 bits per heavy atom. The van der Waals surface area contributed by atoms with Crippen LogP contribution in [0.2, 0.25) is 0 Å². The van der Waals surface area contributed by atoms with Crippen molar-refractivity contribution in [1.29, 1.82) is 0 Å². The number of methoxy groups -OCH3 is 1. The van der Waals surface area contributed by atoms with Crippen molar-refractivity contribution in [1.82, 2.24) is 19.9 Å². The molecule has 0 saturated carbocycles. The zero-order valence-corrected chi connectivity index (χ0v) is 25.1. The quantitative estimate of drug-likeness (QED) is 0.298. The smallest absolute Gasteiger partial charge is 0.497 e. The van der Waals surface area contributed by atoms with Crippen LogP contribution in [0.15, 0.2) is 30.6 Å². The van der Waals surface area contributed by atoms with Crippen molar-refractivity contribution < 1.29 is 37.3 Å². The number of rotatable bonds is 10. The second kappa shape index (κ2) is 13.3. The predicted molar refractivity (Wildman–Crippen MR) is 157 cm³/mol. The van der Waals surface area contributed by atoms with Gasteiger partial charge in [-0.15, -0.1) is 13.2 Å². The standard InChI is InChI=1S/C29H33F3N6O5S/c1-3-19-5-4-8-38(19)16-23-25(18-11-20(42-2)13-21(12-18)43-29(30,31)32)35-28(44-23)36-26(39)22-14-34-24(15-33-22)37-9-6-17(7-10-37)27(40)41/h11-15,17,19H,3-10,16H2,1-2H3,(H,40,41)(H,35,36,39)/t19-/m1/s1. The summed E-state index contributed by atoms with van der Waals surface area (Å²) in [4.78, 5) is 42.6. The molecule has 11 nitrogen and oxygen atoms in total. The summed E-state index contributed by atoms with van der Waals surface area (Å²) in [6.45, 7) is 4.57. The van der Waals surface area contributed by atoms with Gasteiger partial charge >= 0.3 is 12.3 Å². The molecule has 1 amide bonds. The summed E-state index contributed by atoms with van der Waals surface area (Å²) >= 11 is 1.24. The van der Waals surface area contributed by atoms with Gasteiger partial charge in [0.2, 0.25) is 0 Å². The number of aliphatic carboxylic acids is 1. The molecule has 4 heterocycles. The van der Waals surface area contributed by atoms with Crippen LogP contribution in [-0.2, 0) is 11.3 Å². The molecule has 0 aliphatic carbocycles. The van der Waals surface area contributed by atoms with Crippen LogP contribution in [0, 0.1) is 5.92 Å². The Kier molecular flexibility index (Phi) is 9.53. The summed E-state index contributed by atoms with van der Waals surface area (Å²) in [6.07, 6.45) is 2.01. The van der Waals surface area contributed by atoms with Crippen molar-refractivity contribution in [3.05, 3.63) is 41.2 Å². The number of thiazole rings is 1. The molecule has 2 fully saturated rings. The molecule has 0 unspecified atom stereocenters. The third-order valence-corrected chi connectivity index (χ3v) is 8.85. The van der Waals surface area contributed by atoms with Gasteiger partial charge in [-0.05, 0) is 50.8 Å². The molecule has 15 heteroatoms. The van der Waals surface area contributed by atoms with E-state index in [4.69, 9.17) is 4.74 Å². The van der Waals surface area contributed by atoms with E-state index in [1.165, 1.54) is 36.9 Å². The van der Waals surface area contributed by atoms with Gasteiger partial charge in [0.05, 0.1) is 31.1 Å². The lowest BCUT2D eigenvalue weighted by Gasteiger charge is -2.30. The molecule has 2 aliphatic rings. The molecule has 2 saturated heterocycles. The number of halogens is 3. The van der Waals surface area contributed by atoms with E-state index in [1.54, 1.807) is 6.07 Å². The third-order valence-electron chi connectivity index (χ3n) is 7.90. The highest BCUT2D eigenvalue weighted by Crippen LogP contribution is 2.38. The van der Waals surface area contributed by atoms with Crippen molar-refractivity contribution in [2.24, 2.45) is 5.92 Å². The molecule has 44 heavy (non-hydrogen) atoms. The topological polar surface area (TPSA) is 130 Å². The summed E-state index contributed by atoms with van der Waals surface area (Å²) in [7, 11) is 1.35. The minimum absolute atomic E-state index is 0.0558. The first-order valence-electron chi connectivity index (χ1n) is 14.3. The van der Waals surface area contributed by atoms with Gasteiger partial charge in [-0.25, -0.2) is 15.0 Å². The Balaban J connectivity index is 1.38. The Bertz CT molecular complexity index is 1480. The average Bonchev–Trinajstić information content (AvgIpc) is 3.62. The van der Waals surface area contributed by atoms with Gasteiger partial charge in [0.1, 0.15) is 23.0 Å². The Labute approximate surface area is 256 Å². The second-order valence-electron chi connectivity index (χ2n) is 10.7. The van der Waals surface area contributed by atoms with Gasteiger partial charge in [-0.1, -0.05) is 18.3 Å². The van der Waals surface area contributed by atoms with E-state index in [0.717, 1.165) is 36.8 Å². The Hall–Kier alpha value is -3.98. The highest BCUT2D eigenvalue weighted by Gasteiger charge is 2.32. The molecule has 3 aromatic rings. The van der Waals surface area contributed by atoms with Gasteiger partial charge < -0.3 is 19.5 Å². The number of hydrogen-bond donors (Lipinski definition) is 2. The number of ether oxygens (including phenoxy) is 2. The molecule has 236 valence electrons. The fourth-order valence-corrected chi connectivity index (χ4v) is 6.63. The van der Waals surface area contributed by atoms with Crippen LogP contribution < -0.4 is 19.7 Å². The molecule has 5 rings (SSSR count). The number of aromatic nitrogens is 3. The zero-order chi connectivity index (χ0) is 31.4. The molecular formula is C29H33F3N6O5S. The highest BCUT2D eigenvalue weighted by atomic mass is 32.1. The molecular weight excluding hydrogens is 601 g/mol. The van der Waals surface area contributed by atoms with Crippen LogP contribution in [0.25, 0.3) is 11.3 Å². The van der Waals surface area contributed by atoms with Gasteiger partial charge in [0.15, 0.2) is 5.13 Å². The second-order valence-corrected chi connectivity index (χ2v) is 11.8. The number of likely N-dealkylation sites (tertiary alicyclic amines) is 1. The molecule has 1 atom stereocenters. The Morgan fingerprint density at radius 2 is 1.84 bits per heavy atom. The fraction of sp³-hybridized carbons (Fsp3) is 0.483. The van der Waals surface area contributed by atoms with Crippen LogP contribution in [0.4, 0.5) is 24.1 Å². The number of carbonyl (C=O) groups is 2. The highest BCUT2D eigenvalue weighted by molar-refractivity contribution is 7.16. The van der Waals surface area contributed by atoms with Crippen molar-refractivity contribution in [3.63, 3.8) is 0 Å². The lowest BCUT2D eigenvalue weighted by molar-refractivity contribution is -0.274. The number of carboxylic acids is 1. The van der Waals surface area contributed by atoms with Crippen molar-refractivity contribution in [2.75, 3.05) is 37.0 Å². The van der Waals surface area contributed by atoms with Crippen LogP contribution in [0.3, 0.4) is 0 Å². The number of carbonyl (C=O) groups excluding carboxylic acids is 1. The first-order chi connectivity index (χ1) is 21.0. The zero-order valence-electron chi connectivity index (χ0n) is 24.3. The fourth-order valence-electron chi connectivity index (χ4n) is 5.63. The molecule has 0 spiro atoms. The van der Waals surface area contributed by atoms with E-state index in [9.17, 15) is 27.9 Å². The van der Waals surface area contributed by atoms with E-state index in [-0.39, 0.29) is 22.5 Å². The van der Waals surface area contributed by atoms with E-state index < -0.39 is 24.0 Å². The largest absolute Gasteiger partial charge is 0.573 e. The SMILES string of the molecule is CC[C@@H]1CCCN1Cc1sc(NC(=O)c2cnc(N3CCC(C(=O)O)CC3)cn2)nc1-c1cc(OC)cc(OC(F)(F)F)c1. The molecule has 0 bridgehead atoms. The number of nitrogens with zero attached hydrogens (tertiary/aromatic N) is 5. The third kappa shape index (κ3) is 7.56. The summed E-state index contributed by atoms with van der Waals surface area (Å²) in [5, 5.41) is 12.2. The predicted octanol–water partition coefficient (Wildman–Crippen LogP) is 5.44. The minimum Gasteiger partial charge on any atom is -0.497 e. The van der Waals surface area contributed by atoms with Crippen LogP contribution in [0.5, 0.6) is 11.5 Å². The number of anilines is 2. The maximum Gasteiger partial charge on any atom is 0.573 e. The minimum atomic E-state index is -4.89. The van der Waals surface area contributed by atoms with E-state index in [2.05, 4.69) is 36.8 Å². The van der Waals surface area contributed by atoms with Crippen molar-refractivity contribution in [2.45, 2.75) is 58.0 Å². The number of nitrogens with one attached hydrogen (secondary N) is 1. The van der Waals surface area contributed by atoms with Crippen molar-refractivity contribution >= 4 is 34.2 Å². The van der Waals surface area contributed by atoms with E-state index in [1.807, 2.05) is 4.90 Å². The summed E-state index contributed by atoms with van der Waals surface area (Å²) in [5.74, 6) is -1.44. The number of piperidine rings is 1. The number of benzene rings is 1. The van der Waals surface area contributed by atoms with E-state index >= 15 is 0 Å². The first kappa shape index (κ1) is 31.4. The molecule has 2 N–H and O–H groups in total. The number of alkyl halides is 3. The maximum atomic E-state index is 13.1. The molecule has 0 radical (unpaired) electrons. The number of hydrogen-bond acceptors (Lipinski definition) is 10. The summed E-state index contributed by atoms with van der Waals surface area (Å²) < 4.78 is 48.6. The number of carboxylic acid groups (broad SMARTS) is 1. The summed E-state index contributed by atoms with van der Waals surface area (Å²) in [5.41, 5.74) is 0.836. The van der Waals surface area contributed by atoms with Crippen molar-refractivity contribution in [3.8, 4) is 22.8 Å². The van der Waals surface area contributed by atoms with Gasteiger partial charge in [0, 0.05) is 42.2 Å². The van der Waals surface area contributed by atoms with E-state index in [0.29, 0.717) is 55.6 Å². The molecule has 2 aromatic heterocycles. The van der Waals surface area contributed by atoms with Crippen LogP contribution in [0.1, 0.15) is 54.4 Å². The number of amides is 1.